The summed E-state index contributed by atoms with van der Waals surface area (Å²) in [4.78, 5) is 14.8. The molecule has 1 aliphatic rings. The maximum absolute atomic E-state index is 12.4. The van der Waals surface area contributed by atoms with E-state index in [1.807, 2.05) is 24.3 Å². The highest BCUT2D eigenvalue weighted by atomic mass is 32.2. The van der Waals surface area contributed by atoms with Gasteiger partial charge in [0.15, 0.2) is 0 Å². The first-order valence-corrected chi connectivity index (χ1v) is 11.7. The number of carbonyl (C=O) groups excluding carboxylic acids is 1. The minimum Gasteiger partial charge on any atom is -0.497 e. The second kappa shape index (κ2) is 11.2. The number of morpholine rings is 1. The van der Waals surface area contributed by atoms with Crippen LogP contribution >= 0.6 is 0 Å². The lowest BCUT2D eigenvalue weighted by molar-refractivity contribution is -0.121. The van der Waals surface area contributed by atoms with Gasteiger partial charge in [0.1, 0.15) is 5.75 Å². The minimum absolute atomic E-state index is 0.000216. The molecule has 2 N–H and O–H groups in total. The number of benzene rings is 2. The predicted octanol–water partition coefficient (Wildman–Crippen LogP) is 1.55. The fourth-order valence-corrected chi connectivity index (χ4v) is 4.51. The van der Waals surface area contributed by atoms with Crippen molar-refractivity contribution in [3.05, 3.63) is 60.2 Å². The molecule has 1 aliphatic heterocycles. The fourth-order valence-electron chi connectivity index (χ4n) is 3.45. The summed E-state index contributed by atoms with van der Waals surface area (Å²) in [6, 6.07) is 15.9. The molecule has 1 saturated heterocycles. The molecule has 0 aromatic heterocycles. The molecule has 9 heteroatoms. The van der Waals surface area contributed by atoms with Crippen molar-refractivity contribution in [2.45, 2.75) is 17.4 Å². The highest BCUT2D eigenvalue weighted by molar-refractivity contribution is 7.89. The van der Waals surface area contributed by atoms with E-state index >= 15 is 0 Å². The zero-order valence-corrected chi connectivity index (χ0v) is 18.4. The fraction of sp³-hybridized carbons (Fsp3) is 0.409. The molecular weight excluding hydrogens is 418 g/mol. The van der Waals surface area contributed by atoms with Gasteiger partial charge in [-0.25, -0.2) is 13.1 Å². The van der Waals surface area contributed by atoms with Gasteiger partial charge in [-0.2, -0.15) is 0 Å². The molecule has 8 nitrogen and oxygen atoms in total. The number of nitrogens with one attached hydrogen (secondary N) is 2. The van der Waals surface area contributed by atoms with Crippen LogP contribution < -0.4 is 14.8 Å². The second-order valence-electron chi connectivity index (χ2n) is 7.20. The van der Waals surface area contributed by atoms with Gasteiger partial charge < -0.3 is 14.8 Å². The van der Waals surface area contributed by atoms with E-state index in [4.69, 9.17) is 9.47 Å². The SMILES string of the molecule is COc1ccc(C(CNC(=O)CCNS(=O)(=O)c2ccccc2)N2CCOCC2)cc1. The van der Waals surface area contributed by atoms with Crippen LogP contribution in [0.3, 0.4) is 0 Å². The van der Waals surface area contributed by atoms with E-state index in [-0.39, 0.29) is 29.8 Å². The van der Waals surface area contributed by atoms with E-state index in [2.05, 4.69) is 14.9 Å². The number of nitrogens with zero attached hydrogens (tertiary/aromatic N) is 1. The van der Waals surface area contributed by atoms with E-state index in [9.17, 15) is 13.2 Å². The van der Waals surface area contributed by atoms with Gasteiger partial charge in [-0.3, -0.25) is 9.69 Å². The van der Waals surface area contributed by atoms with Gasteiger partial charge in [-0.05, 0) is 29.8 Å². The lowest BCUT2D eigenvalue weighted by atomic mass is 10.0. The monoisotopic (exact) mass is 447 g/mol. The number of hydrogen-bond acceptors (Lipinski definition) is 6. The Hall–Kier alpha value is -2.46. The molecule has 1 heterocycles. The Morgan fingerprint density at radius 2 is 1.77 bits per heavy atom. The average molecular weight is 448 g/mol. The van der Waals surface area contributed by atoms with Crippen molar-refractivity contribution < 1.29 is 22.7 Å². The average Bonchev–Trinajstić information content (AvgIpc) is 2.81. The smallest absolute Gasteiger partial charge is 0.240 e. The Morgan fingerprint density at radius 3 is 2.42 bits per heavy atom. The molecule has 2 aromatic carbocycles. The molecule has 168 valence electrons. The Labute approximate surface area is 183 Å². The van der Waals surface area contributed by atoms with Crippen LogP contribution in [0.2, 0.25) is 0 Å². The van der Waals surface area contributed by atoms with Gasteiger partial charge in [-0.1, -0.05) is 30.3 Å². The van der Waals surface area contributed by atoms with Crippen LogP contribution in [0.15, 0.2) is 59.5 Å². The summed E-state index contributed by atoms with van der Waals surface area (Å²) in [6.07, 6.45) is 0.0600. The van der Waals surface area contributed by atoms with Crippen LogP contribution in [-0.2, 0) is 19.6 Å². The molecule has 1 fully saturated rings. The molecule has 31 heavy (non-hydrogen) atoms. The number of methoxy groups -OCH3 is 1. The third-order valence-electron chi connectivity index (χ3n) is 5.18. The summed E-state index contributed by atoms with van der Waals surface area (Å²) in [5.41, 5.74) is 1.08. The zero-order valence-electron chi connectivity index (χ0n) is 17.6. The van der Waals surface area contributed by atoms with Crippen molar-refractivity contribution in [1.82, 2.24) is 14.9 Å². The van der Waals surface area contributed by atoms with Crippen LogP contribution in [-0.4, -0.2) is 65.7 Å². The largest absolute Gasteiger partial charge is 0.497 e. The molecule has 1 unspecified atom stereocenters. The van der Waals surface area contributed by atoms with Crippen LogP contribution in [0.4, 0.5) is 0 Å². The number of carbonyl (C=O) groups is 1. The van der Waals surface area contributed by atoms with E-state index in [0.717, 1.165) is 24.4 Å². The van der Waals surface area contributed by atoms with Gasteiger partial charge in [0.2, 0.25) is 15.9 Å². The van der Waals surface area contributed by atoms with Crippen LogP contribution in [0.5, 0.6) is 5.75 Å². The van der Waals surface area contributed by atoms with Crippen molar-refractivity contribution in [3.63, 3.8) is 0 Å². The predicted molar refractivity (Wildman–Crippen MR) is 117 cm³/mol. The van der Waals surface area contributed by atoms with Gasteiger partial charge >= 0.3 is 0 Å². The minimum atomic E-state index is -3.62. The summed E-state index contributed by atoms with van der Waals surface area (Å²) in [7, 11) is -1.99. The molecule has 1 amide bonds. The van der Waals surface area contributed by atoms with Crippen molar-refractivity contribution in [2.24, 2.45) is 0 Å². The summed E-state index contributed by atoms with van der Waals surface area (Å²) >= 11 is 0. The number of hydrogen-bond donors (Lipinski definition) is 2. The first kappa shape index (κ1) is 23.2. The molecule has 0 bridgehead atoms. The normalized spacial score (nSPS) is 15.9. The topological polar surface area (TPSA) is 97.0 Å². The quantitative estimate of drug-likeness (QED) is 0.574. The molecular formula is C22H29N3O5S. The molecule has 1 atom stereocenters. The Bertz CT molecular complexity index is 929. The molecule has 0 spiro atoms. The molecule has 0 radical (unpaired) electrons. The number of rotatable bonds is 10. The van der Waals surface area contributed by atoms with Crippen LogP contribution in [0, 0.1) is 0 Å². The third-order valence-corrected chi connectivity index (χ3v) is 6.65. The molecule has 2 aromatic rings. The second-order valence-corrected chi connectivity index (χ2v) is 8.97. The van der Waals surface area contributed by atoms with E-state index in [1.165, 1.54) is 12.1 Å². The lowest BCUT2D eigenvalue weighted by Gasteiger charge is -2.35. The highest BCUT2D eigenvalue weighted by Gasteiger charge is 2.23. The third kappa shape index (κ3) is 6.76. The Morgan fingerprint density at radius 1 is 1.10 bits per heavy atom. The van der Waals surface area contributed by atoms with Gasteiger partial charge in [0.05, 0.1) is 31.3 Å². The van der Waals surface area contributed by atoms with Crippen molar-refractivity contribution >= 4 is 15.9 Å². The van der Waals surface area contributed by atoms with E-state index < -0.39 is 10.0 Å². The highest BCUT2D eigenvalue weighted by Crippen LogP contribution is 2.23. The summed E-state index contributed by atoms with van der Waals surface area (Å²) < 4.78 is 37.7. The van der Waals surface area contributed by atoms with Gasteiger partial charge in [-0.15, -0.1) is 0 Å². The summed E-state index contributed by atoms with van der Waals surface area (Å²) in [5, 5.41) is 2.95. The van der Waals surface area contributed by atoms with E-state index in [1.54, 1.807) is 25.3 Å². The molecule has 0 aliphatic carbocycles. The van der Waals surface area contributed by atoms with E-state index in [0.29, 0.717) is 19.8 Å². The van der Waals surface area contributed by atoms with Crippen LogP contribution in [0.25, 0.3) is 0 Å². The van der Waals surface area contributed by atoms with Gasteiger partial charge in [0.25, 0.3) is 0 Å². The Balaban J connectivity index is 1.54. The number of amides is 1. The van der Waals surface area contributed by atoms with Crippen LogP contribution in [0.1, 0.15) is 18.0 Å². The maximum atomic E-state index is 12.4. The number of ether oxygens (including phenoxy) is 2. The van der Waals surface area contributed by atoms with Crippen molar-refractivity contribution in [2.75, 3.05) is 46.5 Å². The Kier molecular flexibility index (Phi) is 8.42. The maximum Gasteiger partial charge on any atom is 0.240 e. The van der Waals surface area contributed by atoms with Gasteiger partial charge in [0, 0.05) is 32.6 Å². The number of sulfonamides is 1. The summed E-state index contributed by atoms with van der Waals surface area (Å²) in [5.74, 6) is 0.571. The van der Waals surface area contributed by atoms with Crippen molar-refractivity contribution in [1.29, 1.82) is 0 Å². The molecule has 0 saturated carbocycles. The summed E-state index contributed by atoms with van der Waals surface area (Å²) in [6.45, 7) is 3.33. The first-order chi connectivity index (χ1) is 15.0. The zero-order chi connectivity index (χ0) is 22.1. The molecule has 3 rings (SSSR count). The first-order valence-electron chi connectivity index (χ1n) is 10.3. The van der Waals surface area contributed by atoms with Crippen molar-refractivity contribution in [3.8, 4) is 5.75 Å². The lowest BCUT2D eigenvalue weighted by Crippen LogP contribution is -2.44. The standard InChI is InChI=1S/C22H29N3O5S/c1-29-19-9-7-18(8-10-19)21(25-13-15-30-16-14-25)17-23-22(26)11-12-24-31(27,28)20-5-3-2-4-6-20/h2-10,21,24H,11-17H2,1H3,(H,23,26).